The first-order chi connectivity index (χ1) is 10.2. The average molecular weight is 340 g/mol. The van der Waals surface area contributed by atoms with Gasteiger partial charge in [-0.1, -0.05) is 11.6 Å². The molecule has 2 aliphatic heterocycles. The zero-order chi connectivity index (χ0) is 14.4. The highest BCUT2D eigenvalue weighted by atomic mass is 35.5. The summed E-state index contributed by atoms with van der Waals surface area (Å²) in [5.74, 6) is 0.0289. The van der Waals surface area contributed by atoms with E-state index in [9.17, 15) is 4.79 Å². The van der Waals surface area contributed by atoms with Gasteiger partial charge >= 0.3 is 0 Å². The number of halogens is 1. The van der Waals surface area contributed by atoms with Crippen LogP contribution in [0.15, 0.2) is 18.3 Å². The normalized spacial score (nSPS) is 27.2. The lowest BCUT2D eigenvalue weighted by Crippen LogP contribution is -2.42. The summed E-state index contributed by atoms with van der Waals surface area (Å²) in [6.07, 6.45) is 5.22. The van der Waals surface area contributed by atoms with Crippen LogP contribution in [0.5, 0.6) is 0 Å². The molecular weight excluding hydrogens is 326 g/mol. The molecule has 1 amide bonds. The van der Waals surface area contributed by atoms with Crippen LogP contribution >= 0.6 is 34.3 Å². The van der Waals surface area contributed by atoms with Gasteiger partial charge in [0.15, 0.2) is 4.47 Å². The van der Waals surface area contributed by atoms with Crippen molar-refractivity contribution in [1.29, 1.82) is 0 Å². The summed E-state index contributed by atoms with van der Waals surface area (Å²) in [5, 5.41) is 6.70. The summed E-state index contributed by atoms with van der Waals surface area (Å²) in [6, 6.07) is 5.17. The first kappa shape index (κ1) is 13.7. The van der Waals surface area contributed by atoms with Gasteiger partial charge in [0, 0.05) is 29.2 Å². The van der Waals surface area contributed by atoms with Crippen LogP contribution in [0.25, 0.3) is 9.75 Å². The molecule has 110 valence electrons. The number of fused-ring (bicyclic) bond motifs is 2. The molecule has 2 aromatic rings. The number of carbonyl (C=O) groups excluding carboxylic acids is 1. The van der Waals surface area contributed by atoms with Gasteiger partial charge in [0.2, 0.25) is 0 Å². The second kappa shape index (κ2) is 5.35. The van der Waals surface area contributed by atoms with E-state index >= 15 is 0 Å². The van der Waals surface area contributed by atoms with Gasteiger partial charge in [0.25, 0.3) is 5.91 Å². The quantitative estimate of drug-likeness (QED) is 0.903. The van der Waals surface area contributed by atoms with Crippen molar-refractivity contribution in [3.63, 3.8) is 0 Å². The van der Waals surface area contributed by atoms with E-state index in [1.807, 2.05) is 12.1 Å². The van der Waals surface area contributed by atoms with Gasteiger partial charge in [-0.25, -0.2) is 4.98 Å². The fourth-order valence-corrected chi connectivity index (χ4v) is 5.11. The van der Waals surface area contributed by atoms with Gasteiger partial charge < -0.3 is 10.6 Å². The van der Waals surface area contributed by atoms with Crippen molar-refractivity contribution in [1.82, 2.24) is 15.6 Å². The summed E-state index contributed by atoms with van der Waals surface area (Å²) < 4.78 is 0.525. The predicted octanol–water partition coefficient (Wildman–Crippen LogP) is 3.15. The molecule has 2 N–H and O–H groups in total. The van der Waals surface area contributed by atoms with Crippen molar-refractivity contribution in [2.24, 2.45) is 0 Å². The minimum Gasteiger partial charge on any atom is -0.347 e. The summed E-state index contributed by atoms with van der Waals surface area (Å²) in [7, 11) is 0. The number of hydrogen-bond acceptors (Lipinski definition) is 5. The first-order valence-electron chi connectivity index (χ1n) is 6.97. The number of rotatable bonds is 3. The van der Waals surface area contributed by atoms with E-state index in [-0.39, 0.29) is 11.9 Å². The molecule has 0 unspecified atom stereocenters. The van der Waals surface area contributed by atoms with Crippen molar-refractivity contribution < 1.29 is 4.79 Å². The summed E-state index contributed by atoms with van der Waals surface area (Å²) in [4.78, 5) is 19.2. The van der Waals surface area contributed by atoms with E-state index in [2.05, 4.69) is 15.6 Å². The van der Waals surface area contributed by atoms with Crippen LogP contribution in [0.1, 0.15) is 28.9 Å². The third-order valence-corrected chi connectivity index (χ3v) is 6.56. The number of hydrogen-bond donors (Lipinski definition) is 2. The van der Waals surface area contributed by atoms with Crippen LogP contribution in [-0.2, 0) is 0 Å². The van der Waals surface area contributed by atoms with Crippen LogP contribution in [0.3, 0.4) is 0 Å². The first-order valence-corrected chi connectivity index (χ1v) is 8.98. The van der Waals surface area contributed by atoms with E-state index in [4.69, 9.17) is 11.6 Å². The standard InChI is InChI=1S/C14H14ClN3OS2/c15-14-16-6-12(21-14)10-3-4-11(20-10)13(19)18-9-5-7-1-2-8(9)17-7/h3-4,6-9,17H,1-2,5H2,(H,18,19)/t7-,8+,9-/m1/s1. The van der Waals surface area contributed by atoms with Gasteiger partial charge in [-0.3, -0.25) is 4.79 Å². The van der Waals surface area contributed by atoms with Crippen molar-refractivity contribution in [2.75, 3.05) is 0 Å². The Labute approximate surface area is 135 Å². The molecule has 0 aromatic carbocycles. The summed E-state index contributed by atoms with van der Waals surface area (Å²) >= 11 is 8.78. The highest BCUT2D eigenvalue weighted by Gasteiger charge is 2.39. The number of carbonyl (C=O) groups is 1. The minimum atomic E-state index is 0.0289. The van der Waals surface area contributed by atoms with Crippen molar-refractivity contribution >= 4 is 40.2 Å². The molecular formula is C14H14ClN3OS2. The molecule has 0 aliphatic carbocycles. The Kier molecular flexibility index (Phi) is 3.49. The maximum Gasteiger partial charge on any atom is 0.261 e. The third kappa shape index (κ3) is 2.61. The Bertz CT molecular complexity index is 683. The van der Waals surface area contributed by atoms with Crippen LogP contribution < -0.4 is 10.6 Å². The van der Waals surface area contributed by atoms with Crippen molar-refractivity contribution in [2.45, 2.75) is 37.4 Å². The van der Waals surface area contributed by atoms with E-state index in [1.165, 1.54) is 35.5 Å². The van der Waals surface area contributed by atoms with Gasteiger partial charge in [0.05, 0.1) is 9.75 Å². The van der Waals surface area contributed by atoms with Gasteiger partial charge in [-0.2, -0.15) is 0 Å². The zero-order valence-electron chi connectivity index (χ0n) is 11.1. The number of nitrogens with zero attached hydrogens (tertiary/aromatic N) is 1. The highest BCUT2D eigenvalue weighted by Crippen LogP contribution is 2.34. The number of amides is 1. The number of thiophene rings is 1. The molecule has 4 heterocycles. The third-order valence-electron chi connectivity index (χ3n) is 4.17. The second-order valence-electron chi connectivity index (χ2n) is 5.50. The lowest BCUT2D eigenvalue weighted by atomic mass is 9.95. The van der Waals surface area contributed by atoms with Crippen LogP contribution in [0, 0.1) is 0 Å². The lowest BCUT2D eigenvalue weighted by Gasteiger charge is -2.20. The fraction of sp³-hybridized carbons (Fsp3) is 0.429. The monoisotopic (exact) mass is 339 g/mol. The fourth-order valence-electron chi connectivity index (χ4n) is 3.18. The molecule has 2 aliphatic rings. The van der Waals surface area contributed by atoms with Gasteiger partial charge in [0.1, 0.15) is 0 Å². The Morgan fingerprint density at radius 3 is 2.90 bits per heavy atom. The Morgan fingerprint density at radius 2 is 2.24 bits per heavy atom. The second-order valence-corrected chi connectivity index (χ2v) is 8.20. The van der Waals surface area contributed by atoms with Gasteiger partial charge in [-0.05, 0) is 31.4 Å². The maximum atomic E-state index is 12.4. The smallest absolute Gasteiger partial charge is 0.261 e. The van der Waals surface area contributed by atoms with E-state index in [1.54, 1.807) is 6.20 Å². The van der Waals surface area contributed by atoms with E-state index < -0.39 is 0 Å². The van der Waals surface area contributed by atoms with Gasteiger partial charge in [-0.15, -0.1) is 22.7 Å². The van der Waals surface area contributed by atoms with E-state index in [0.717, 1.165) is 21.1 Å². The molecule has 2 bridgehead atoms. The summed E-state index contributed by atoms with van der Waals surface area (Å²) in [6.45, 7) is 0. The molecule has 21 heavy (non-hydrogen) atoms. The average Bonchev–Trinajstić information content (AvgIpc) is 3.22. The van der Waals surface area contributed by atoms with Crippen molar-refractivity contribution in [3.8, 4) is 9.75 Å². The lowest BCUT2D eigenvalue weighted by molar-refractivity contribution is 0.0935. The topological polar surface area (TPSA) is 54.0 Å². The van der Waals surface area contributed by atoms with E-state index in [0.29, 0.717) is 16.6 Å². The molecule has 0 radical (unpaired) electrons. The molecule has 2 fully saturated rings. The Morgan fingerprint density at radius 1 is 1.33 bits per heavy atom. The molecule has 0 saturated carbocycles. The summed E-state index contributed by atoms with van der Waals surface area (Å²) in [5.41, 5.74) is 0. The molecule has 4 rings (SSSR count). The molecule has 2 saturated heterocycles. The molecule has 2 aromatic heterocycles. The number of aromatic nitrogens is 1. The van der Waals surface area contributed by atoms with Crippen LogP contribution in [0.4, 0.5) is 0 Å². The Balaban J connectivity index is 1.46. The highest BCUT2D eigenvalue weighted by molar-refractivity contribution is 7.24. The SMILES string of the molecule is O=C(N[C@@H]1C[C@H]2CC[C@@H]1N2)c1ccc(-c2cnc(Cl)s2)s1. The molecule has 3 atom stereocenters. The van der Waals surface area contributed by atoms with Crippen LogP contribution in [-0.4, -0.2) is 29.0 Å². The maximum absolute atomic E-state index is 12.4. The largest absolute Gasteiger partial charge is 0.347 e. The number of nitrogens with one attached hydrogen (secondary N) is 2. The molecule has 7 heteroatoms. The van der Waals surface area contributed by atoms with Crippen molar-refractivity contribution in [3.05, 3.63) is 27.7 Å². The molecule has 0 spiro atoms. The predicted molar refractivity (Wildman–Crippen MR) is 86.3 cm³/mol. The molecule has 4 nitrogen and oxygen atoms in total. The minimum absolute atomic E-state index is 0.0289. The zero-order valence-corrected chi connectivity index (χ0v) is 13.5. The van der Waals surface area contributed by atoms with Crippen LogP contribution in [0.2, 0.25) is 4.47 Å². The Hall–Kier alpha value is -0.950. The number of thiazole rings is 1.